The molecule has 0 saturated heterocycles. The van der Waals surface area contributed by atoms with Crippen LogP contribution in [0.2, 0.25) is 0 Å². The van der Waals surface area contributed by atoms with Gasteiger partial charge in [-0.2, -0.15) is 5.10 Å². The smallest absolute Gasteiger partial charge is 0.408 e. The van der Waals surface area contributed by atoms with Crippen LogP contribution in [0.4, 0.5) is 10.6 Å². The van der Waals surface area contributed by atoms with Crippen molar-refractivity contribution in [1.29, 1.82) is 0 Å². The third kappa shape index (κ3) is 5.57. The number of thiazole rings is 1. The molecule has 0 aliphatic carbocycles. The molecular formula is C23H29N5O4S. The van der Waals surface area contributed by atoms with E-state index in [-0.39, 0.29) is 12.2 Å². The number of carbonyl (C=O) groups excluding carboxylic acids is 2. The Bertz CT molecular complexity index is 1090. The molecule has 0 bridgehead atoms. The number of carbonyl (C=O) groups is 3. The second-order valence-corrected chi connectivity index (χ2v) is 9.99. The van der Waals surface area contributed by atoms with E-state index in [0.717, 1.165) is 21.5 Å². The van der Waals surface area contributed by atoms with Crippen molar-refractivity contribution in [1.82, 2.24) is 20.1 Å². The molecule has 1 aromatic carbocycles. The third-order valence-electron chi connectivity index (χ3n) is 5.31. The molecule has 0 saturated carbocycles. The van der Waals surface area contributed by atoms with Gasteiger partial charge in [0.1, 0.15) is 16.9 Å². The van der Waals surface area contributed by atoms with Crippen molar-refractivity contribution < 1.29 is 19.5 Å². The average molecular weight is 472 g/mol. The summed E-state index contributed by atoms with van der Waals surface area (Å²) in [4.78, 5) is 44.5. The molecule has 0 radical (unpaired) electrons. The van der Waals surface area contributed by atoms with E-state index >= 15 is 0 Å². The number of ketones is 1. The van der Waals surface area contributed by atoms with Gasteiger partial charge in [0.05, 0.1) is 22.5 Å². The summed E-state index contributed by atoms with van der Waals surface area (Å²) in [5.41, 5.74) is 0.183. The number of amides is 2. The van der Waals surface area contributed by atoms with E-state index in [0.29, 0.717) is 11.4 Å². The molecule has 2 heterocycles. The largest absolute Gasteiger partial charge is 0.465 e. The van der Waals surface area contributed by atoms with Gasteiger partial charge in [0.15, 0.2) is 0 Å². The van der Waals surface area contributed by atoms with Crippen LogP contribution in [-0.2, 0) is 9.59 Å². The Kier molecular flexibility index (Phi) is 7.47. The van der Waals surface area contributed by atoms with Gasteiger partial charge in [0.25, 0.3) is 5.91 Å². The Hall–Kier alpha value is -3.27. The maximum Gasteiger partial charge on any atom is 0.408 e. The number of anilines is 1. The van der Waals surface area contributed by atoms with E-state index in [1.165, 1.54) is 23.6 Å². The highest BCUT2D eigenvalue weighted by molar-refractivity contribution is 7.18. The Morgan fingerprint density at radius 2 is 1.94 bits per heavy atom. The van der Waals surface area contributed by atoms with Crippen LogP contribution >= 0.6 is 11.3 Å². The molecule has 0 spiro atoms. The highest BCUT2D eigenvalue weighted by Gasteiger charge is 2.44. The Morgan fingerprint density at radius 3 is 2.52 bits per heavy atom. The number of benzene rings is 1. The predicted molar refractivity (Wildman–Crippen MR) is 127 cm³/mol. The van der Waals surface area contributed by atoms with Crippen molar-refractivity contribution in [2.45, 2.75) is 59.0 Å². The number of rotatable bonds is 9. The summed E-state index contributed by atoms with van der Waals surface area (Å²) in [6.45, 7) is 7.68. The molecule has 0 aliphatic rings. The number of para-hydroxylation sites is 1. The number of nitrogens with zero attached hydrogens (tertiary/aromatic N) is 3. The summed E-state index contributed by atoms with van der Waals surface area (Å²) in [6, 6.07) is 7.22. The minimum absolute atomic E-state index is 0.232. The number of H-pyrrole nitrogens is 1. The van der Waals surface area contributed by atoms with Gasteiger partial charge < -0.3 is 10.4 Å². The number of aromatic nitrogens is 3. The van der Waals surface area contributed by atoms with Gasteiger partial charge in [-0.1, -0.05) is 52.7 Å². The number of hydrogen-bond donors (Lipinski definition) is 3. The first-order chi connectivity index (χ1) is 15.6. The van der Waals surface area contributed by atoms with Crippen LogP contribution in [0.1, 0.15) is 58.0 Å². The molecule has 176 valence electrons. The van der Waals surface area contributed by atoms with Crippen molar-refractivity contribution in [2.75, 3.05) is 5.32 Å². The SMILES string of the molecule is CCCC[C@@H](C(=O)C(=O)Nc1ccn[nH]1)N(C(=O)O)C(c1nc2ccccc2s1)C(C)(C)C. The molecule has 3 N–H and O–H groups in total. The zero-order chi connectivity index (χ0) is 24.2. The van der Waals surface area contributed by atoms with Gasteiger partial charge in [0.2, 0.25) is 5.78 Å². The number of unbranched alkanes of at least 4 members (excludes halogenated alkanes) is 1. The number of hydrogen-bond acceptors (Lipinski definition) is 6. The van der Waals surface area contributed by atoms with E-state index < -0.39 is 35.3 Å². The summed E-state index contributed by atoms with van der Waals surface area (Å²) in [7, 11) is 0. The monoisotopic (exact) mass is 471 g/mol. The van der Waals surface area contributed by atoms with E-state index in [4.69, 9.17) is 4.98 Å². The minimum atomic E-state index is -1.27. The Labute approximate surface area is 196 Å². The molecule has 0 fully saturated rings. The van der Waals surface area contributed by atoms with Crippen molar-refractivity contribution in [2.24, 2.45) is 5.41 Å². The van der Waals surface area contributed by atoms with Crippen molar-refractivity contribution in [3.8, 4) is 0 Å². The van der Waals surface area contributed by atoms with E-state index in [1.807, 2.05) is 52.0 Å². The molecule has 10 heteroatoms. The fourth-order valence-corrected chi connectivity index (χ4v) is 5.10. The summed E-state index contributed by atoms with van der Waals surface area (Å²) < 4.78 is 0.931. The molecule has 2 aromatic heterocycles. The average Bonchev–Trinajstić information content (AvgIpc) is 3.40. The third-order valence-corrected chi connectivity index (χ3v) is 6.39. The molecule has 9 nitrogen and oxygen atoms in total. The quantitative estimate of drug-likeness (QED) is 0.383. The fourth-order valence-electron chi connectivity index (χ4n) is 3.79. The van der Waals surface area contributed by atoms with Crippen LogP contribution in [0, 0.1) is 5.41 Å². The van der Waals surface area contributed by atoms with Crippen LogP contribution in [0.3, 0.4) is 0 Å². The molecule has 3 aromatic rings. The molecule has 33 heavy (non-hydrogen) atoms. The number of nitrogens with one attached hydrogen (secondary N) is 2. The number of Topliss-reactive ketones (excluding diaryl/α,β-unsaturated/α-hetero) is 1. The van der Waals surface area contributed by atoms with Crippen molar-refractivity contribution in [3.05, 3.63) is 41.5 Å². The Balaban J connectivity index is 2.04. The lowest BCUT2D eigenvalue weighted by atomic mass is 9.84. The Morgan fingerprint density at radius 1 is 1.21 bits per heavy atom. The fraction of sp³-hybridized carbons (Fsp3) is 0.435. The normalized spacial score (nSPS) is 13.5. The van der Waals surface area contributed by atoms with E-state index in [2.05, 4.69) is 15.5 Å². The second kappa shape index (κ2) is 10.1. The second-order valence-electron chi connectivity index (χ2n) is 8.92. The number of carboxylic acid groups (broad SMARTS) is 1. The number of fused-ring (bicyclic) bond motifs is 1. The lowest BCUT2D eigenvalue weighted by molar-refractivity contribution is -0.139. The van der Waals surface area contributed by atoms with Crippen molar-refractivity contribution in [3.63, 3.8) is 0 Å². The molecule has 2 amide bonds. The highest BCUT2D eigenvalue weighted by Crippen LogP contribution is 2.43. The van der Waals surface area contributed by atoms with Crippen LogP contribution in [0.15, 0.2) is 36.5 Å². The van der Waals surface area contributed by atoms with Gasteiger partial charge in [-0.05, 0) is 24.0 Å². The van der Waals surface area contributed by atoms with Gasteiger partial charge >= 0.3 is 6.09 Å². The summed E-state index contributed by atoms with van der Waals surface area (Å²) in [6.07, 6.45) is 1.75. The van der Waals surface area contributed by atoms with Crippen LogP contribution < -0.4 is 5.32 Å². The summed E-state index contributed by atoms with van der Waals surface area (Å²) >= 11 is 1.40. The lowest BCUT2D eigenvalue weighted by Crippen LogP contribution is -2.52. The highest BCUT2D eigenvalue weighted by atomic mass is 32.1. The summed E-state index contributed by atoms with van der Waals surface area (Å²) in [5.74, 6) is -1.43. The zero-order valence-electron chi connectivity index (χ0n) is 19.2. The topological polar surface area (TPSA) is 128 Å². The first-order valence-electron chi connectivity index (χ1n) is 10.8. The van der Waals surface area contributed by atoms with Crippen LogP contribution in [0.5, 0.6) is 0 Å². The number of aromatic amines is 1. The first-order valence-corrected chi connectivity index (χ1v) is 11.7. The molecule has 1 unspecified atom stereocenters. The molecule has 2 atom stereocenters. The maximum absolute atomic E-state index is 13.3. The predicted octanol–water partition coefficient (Wildman–Crippen LogP) is 4.85. The standard InChI is InChI=1S/C23H29N5O4S/c1-5-6-10-15(18(29)20(30)26-17-12-13-24-27-17)28(22(31)32)19(23(2,3)4)21-25-14-9-7-8-11-16(14)33-21/h7-9,11-13,15,19H,5-6,10H2,1-4H3,(H,31,32)(H2,24,26,27,30)/t15-,19?/m0/s1. The van der Waals surface area contributed by atoms with Crippen LogP contribution in [-0.4, -0.2) is 49.0 Å². The molecule has 3 rings (SSSR count). The zero-order valence-corrected chi connectivity index (χ0v) is 20.0. The molecular weight excluding hydrogens is 442 g/mol. The molecule has 0 aliphatic heterocycles. The lowest BCUT2D eigenvalue weighted by Gasteiger charge is -2.41. The minimum Gasteiger partial charge on any atom is -0.465 e. The van der Waals surface area contributed by atoms with E-state index in [1.54, 1.807) is 0 Å². The van der Waals surface area contributed by atoms with Gasteiger partial charge in [-0.3, -0.25) is 19.6 Å². The van der Waals surface area contributed by atoms with Crippen LogP contribution in [0.25, 0.3) is 10.2 Å². The first kappa shape index (κ1) is 24.4. The maximum atomic E-state index is 13.3. The van der Waals surface area contributed by atoms with Gasteiger partial charge in [0, 0.05) is 6.07 Å². The van der Waals surface area contributed by atoms with Crippen molar-refractivity contribution >= 4 is 45.2 Å². The summed E-state index contributed by atoms with van der Waals surface area (Å²) in [5, 5.41) is 19.7. The van der Waals surface area contributed by atoms with E-state index in [9.17, 15) is 19.5 Å². The van der Waals surface area contributed by atoms with Gasteiger partial charge in [-0.15, -0.1) is 11.3 Å². The van der Waals surface area contributed by atoms with Gasteiger partial charge in [-0.25, -0.2) is 9.78 Å².